The zero-order valence-electron chi connectivity index (χ0n) is 10.4. The fraction of sp³-hybridized carbons (Fsp3) is 0.417. The number of nitrogens with one attached hydrogen (secondary N) is 2. The number of halogens is 1. The smallest absolute Gasteiger partial charge is 0.273 e. The van der Waals surface area contributed by atoms with Crippen LogP contribution in [0.2, 0.25) is 0 Å². The van der Waals surface area contributed by atoms with Gasteiger partial charge in [-0.2, -0.15) is 0 Å². The SMILES string of the molecule is CC1(NC(=O)c2cc(F)cc([N+](=O)[O-])c2)CCNC1. The quantitative estimate of drug-likeness (QED) is 0.637. The summed E-state index contributed by atoms with van der Waals surface area (Å²) in [5.74, 6) is -1.30. The number of hydrogen-bond acceptors (Lipinski definition) is 4. The number of non-ortho nitro benzene ring substituents is 1. The van der Waals surface area contributed by atoms with Gasteiger partial charge in [-0.1, -0.05) is 0 Å². The summed E-state index contributed by atoms with van der Waals surface area (Å²) >= 11 is 0. The molecule has 0 saturated carbocycles. The van der Waals surface area contributed by atoms with E-state index in [2.05, 4.69) is 10.6 Å². The average molecular weight is 267 g/mol. The van der Waals surface area contributed by atoms with E-state index in [4.69, 9.17) is 0 Å². The minimum atomic E-state index is -0.797. The number of carbonyl (C=O) groups excluding carboxylic acids is 1. The fourth-order valence-corrected chi connectivity index (χ4v) is 2.08. The van der Waals surface area contributed by atoms with Gasteiger partial charge in [0.1, 0.15) is 5.82 Å². The summed E-state index contributed by atoms with van der Waals surface area (Å²) in [5, 5.41) is 16.5. The van der Waals surface area contributed by atoms with E-state index >= 15 is 0 Å². The highest BCUT2D eigenvalue weighted by Crippen LogP contribution is 2.18. The van der Waals surface area contributed by atoms with Crippen LogP contribution in [-0.2, 0) is 0 Å². The molecule has 2 N–H and O–H groups in total. The number of rotatable bonds is 3. The van der Waals surface area contributed by atoms with Crippen LogP contribution in [0.1, 0.15) is 23.7 Å². The molecule has 1 heterocycles. The van der Waals surface area contributed by atoms with Crippen molar-refractivity contribution in [1.29, 1.82) is 0 Å². The number of amides is 1. The van der Waals surface area contributed by atoms with Crippen molar-refractivity contribution in [2.45, 2.75) is 18.9 Å². The predicted octanol–water partition coefficient (Wildman–Crippen LogP) is 1.22. The van der Waals surface area contributed by atoms with E-state index in [-0.39, 0.29) is 5.56 Å². The molecule has 6 nitrogen and oxygen atoms in total. The Kier molecular flexibility index (Phi) is 3.48. The molecule has 0 radical (unpaired) electrons. The molecule has 1 aromatic carbocycles. The average Bonchev–Trinajstić information content (AvgIpc) is 2.74. The summed E-state index contributed by atoms with van der Waals surface area (Å²) in [4.78, 5) is 21.9. The number of hydrogen-bond donors (Lipinski definition) is 2. The normalized spacial score (nSPS) is 22.2. The van der Waals surface area contributed by atoms with E-state index in [9.17, 15) is 19.3 Å². The Bertz CT molecular complexity index is 527. The van der Waals surface area contributed by atoms with E-state index < -0.39 is 27.9 Å². The zero-order chi connectivity index (χ0) is 14.0. The third-order valence-electron chi connectivity index (χ3n) is 3.14. The molecular formula is C12H14FN3O3. The molecule has 2 rings (SSSR count). The van der Waals surface area contributed by atoms with Crippen molar-refractivity contribution in [1.82, 2.24) is 10.6 Å². The van der Waals surface area contributed by atoms with Crippen molar-refractivity contribution in [2.24, 2.45) is 0 Å². The van der Waals surface area contributed by atoms with Crippen LogP contribution in [-0.4, -0.2) is 29.5 Å². The molecule has 0 bridgehead atoms. The van der Waals surface area contributed by atoms with Crippen LogP contribution in [0.15, 0.2) is 18.2 Å². The standard InChI is InChI=1S/C12H14FN3O3/c1-12(2-3-14-7-12)15-11(17)8-4-9(13)6-10(5-8)16(18)19/h4-6,14H,2-3,7H2,1H3,(H,15,17). The van der Waals surface area contributed by atoms with Gasteiger partial charge in [-0.05, 0) is 26.0 Å². The molecule has 1 fully saturated rings. The Morgan fingerprint density at radius 1 is 1.53 bits per heavy atom. The van der Waals surface area contributed by atoms with E-state index in [1.165, 1.54) is 0 Å². The molecule has 19 heavy (non-hydrogen) atoms. The summed E-state index contributed by atoms with van der Waals surface area (Å²) < 4.78 is 13.3. The zero-order valence-corrected chi connectivity index (χ0v) is 10.4. The molecule has 7 heteroatoms. The highest BCUT2D eigenvalue weighted by molar-refractivity contribution is 5.95. The molecular weight excluding hydrogens is 253 g/mol. The molecule has 1 aliphatic rings. The maximum atomic E-state index is 13.3. The number of nitro benzene ring substituents is 1. The lowest BCUT2D eigenvalue weighted by molar-refractivity contribution is -0.385. The van der Waals surface area contributed by atoms with E-state index in [1.54, 1.807) is 0 Å². The monoisotopic (exact) mass is 267 g/mol. The molecule has 0 aromatic heterocycles. The maximum Gasteiger partial charge on any atom is 0.273 e. The second kappa shape index (κ2) is 4.93. The van der Waals surface area contributed by atoms with Gasteiger partial charge in [0.25, 0.3) is 11.6 Å². The van der Waals surface area contributed by atoms with Gasteiger partial charge < -0.3 is 10.6 Å². The van der Waals surface area contributed by atoms with Gasteiger partial charge in [0, 0.05) is 18.2 Å². The first-order chi connectivity index (χ1) is 8.89. The lowest BCUT2D eigenvalue weighted by atomic mass is 10.0. The van der Waals surface area contributed by atoms with Crippen molar-refractivity contribution < 1.29 is 14.1 Å². The Morgan fingerprint density at radius 3 is 2.84 bits per heavy atom. The first-order valence-electron chi connectivity index (χ1n) is 5.88. The summed E-state index contributed by atoms with van der Waals surface area (Å²) in [5.41, 5.74) is -0.877. The van der Waals surface area contributed by atoms with Crippen LogP contribution < -0.4 is 10.6 Å². The van der Waals surface area contributed by atoms with Gasteiger partial charge in [0.15, 0.2) is 0 Å². The van der Waals surface area contributed by atoms with Crippen LogP contribution in [0.25, 0.3) is 0 Å². The molecule has 1 amide bonds. The van der Waals surface area contributed by atoms with Gasteiger partial charge >= 0.3 is 0 Å². The van der Waals surface area contributed by atoms with Crippen LogP contribution in [0.5, 0.6) is 0 Å². The van der Waals surface area contributed by atoms with Crippen LogP contribution in [0.3, 0.4) is 0 Å². The molecule has 0 spiro atoms. The number of nitrogens with zero attached hydrogens (tertiary/aromatic N) is 1. The van der Waals surface area contributed by atoms with Crippen LogP contribution in [0, 0.1) is 15.9 Å². The lowest BCUT2D eigenvalue weighted by Crippen LogP contribution is -2.47. The number of carbonyl (C=O) groups is 1. The second-order valence-electron chi connectivity index (χ2n) is 4.90. The Labute approximate surface area is 109 Å². The molecule has 1 saturated heterocycles. The summed E-state index contributed by atoms with van der Waals surface area (Å²) in [7, 11) is 0. The Balaban J connectivity index is 2.21. The number of nitro groups is 1. The van der Waals surface area contributed by atoms with E-state index in [0.717, 1.165) is 31.2 Å². The summed E-state index contributed by atoms with van der Waals surface area (Å²) in [6.45, 7) is 3.29. The van der Waals surface area contributed by atoms with Crippen molar-refractivity contribution in [3.05, 3.63) is 39.7 Å². The summed E-state index contributed by atoms with van der Waals surface area (Å²) in [6, 6.07) is 2.86. The third-order valence-corrected chi connectivity index (χ3v) is 3.14. The second-order valence-corrected chi connectivity index (χ2v) is 4.90. The van der Waals surface area contributed by atoms with Gasteiger partial charge in [0.2, 0.25) is 0 Å². The van der Waals surface area contributed by atoms with Crippen molar-refractivity contribution in [3.63, 3.8) is 0 Å². The Hall–Kier alpha value is -2.02. The minimum absolute atomic E-state index is 0.0418. The molecule has 1 aliphatic heterocycles. The molecule has 0 aliphatic carbocycles. The largest absolute Gasteiger partial charge is 0.346 e. The van der Waals surface area contributed by atoms with Crippen molar-refractivity contribution in [2.75, 3.05) is 13.1 Å². The number of benzene rings is 1. The van der Waals surface area contributed by atoms with Crippen LogP contribution in [0.4, 0.5) is 10.1 Å². The van der Waals surface area contributed by atoms with Crippen LogP contribution >= 0.6 is 0 Å². The lowest BCUT2D eigenvalue weighted by Gasteiger charge is -2.24. The van der Waals surface area contributed by atoms with E-state index in [1.807, 2.05) is 6.92 Å². The highest BCUT2D eigenvalue weighted by Gasteiger charge is 2.30. The molecule has 1 atom stereocenters. The van der Waals surface area contributed by atoms with Crippen molar-refractivity contribution >= 4 is 11.6 Å². The first kappa shape index (κ1) is 13.4. The highest BCUT2D eigenvalue weighted by atomic mass is 19.1. The topological polar surface area (TPSA) is 84.3 Å². The minimum Gasteiger partial charge on any atom is -0.346 e. The fourth-order valence-electron chi connectivity index (χ4n) is 2.08. The summed E-state index contributed by atoms with van der Waals surface area (Å²) in [6.07, 6.45) is 0.760. The molecule has 1 unspecified atom stereocenters. The van der Waals surface area contributed by atoms with Gasteiger partial charge in [0.05, 0.1) is 16.5 Å². The maximum absolute atomic E-state index is 13.3. The predicted molar refractivity (Wildman–Crippen MR) is 66.4 cm³/mol. The molecule has 102 valence electrons. The van der Waals surface area contributed by atoms with Gasteiger partial charge in [-0.3, -0.25) is 14.9 Å². The Morgan fingerprint density at radius 2 is 2.26 bits per heavy atom. The van der Waals surface area contributed by atoms with Gasteiger partial charge in [-0.15, -0.1) is 0 Å². The van der Waals surface area contributed by atoms with Gasteiger partial charge in [-0.25, -0.2) is 4.39 Å². The van der Waals surface area contributed by atoms with Crippen molar-refractivity contribution in [3.8, 4) is 0 Å². The molecule has 1 aromatic rings. The first-order valence-corrected chi connectivity index (χ1v) is 5.88. The van der Waals surface area contributed by atoms with E-state index in [0.29, 0.717) is 6.54 Å². The third kappa shape index (κ3) is 3.05.